The third-order valence-corrected chi connectivity index (χ3v) is 3.94. The van der Waals surface area contributed by atoms with E-state index in [1.165, 1.54) is 63.4 Å². The van der Waals surface area contributed by atoms with E-state index in [0.717, 1.165) is 5.92 Å². The molecule has 1 aliphatic carbocycles. The summed E-state index contributed by atoms with van der Waals surface area (Å²) >= 11 is 0. The van der Waals surface area contributed by atoms with Gasteiger partial charge in [-0.25, -0.2) is 0 Å². The van der Waals surface area contributed by atoms with Crippen molar-refractivity contribution >= 4 is 0 Å². The number of phenolic OH excluding ortho intramolecular Hbond substituents is 1. The molecular formula is C16H24O. The first-order chi connectivity index (χ1) is 8.34. The minimum atomic E-state index is 0.378. The molecule has 1 aliphatic rings. The number of rotatable bonds is 2. The van der Waals surface area contributed by atoms with Crippen LogP contribution in [-0.4, -0.2) is 5.11 Å². The van der Waals surface area contributed by atoms with Crippen LogP contribution in [0, 0.1) is 5.92 Å². The van der Waals surface area contributed by atoms with Gasteiger partial charge in [-0.2, -0.15) is 0 Å². The molecule has 0 amide bonds. The summed E-state index contributed by atoms with van der Waals surface area (Å²) in [5, 5.41) is 9.28. The number of phenols is 1. The standard InChI is InChI=1S/C16H24O/c17-16-11-9-15(10-12-16)13-14-7-5-3-1-2-4-6-8-14/h9-12,14,17H,1-8,13H2. The fourth-order valence-electron chi connectivity index (χ4n) is 2.89. The van der Waals surface area contributed by atoms with Gasteiger partial charge in [-0.1, -0.05) is 63.5 Å². The Kier molecular flexibility index (Phi) is 4.90. The normalized spacial score (nSPS) is 19.3. The van der Waals surface area contributed by atoms with Crippen molar-refractivity contribution in [3.05, 3.63) is 29.8 Å². The van der Waals surface area contributed by atoms with E-state index in [2.05, 4.69) is 12.1 Å². The Morgan fingerprint density at radius 3 is 1.94 bits per heavy atom. The van der Waals surface area contributed by atoms with Gasteiger partial charge in [0.1, 0.15) is 5.75 Å². The third-order valence-electron chi connectivity index (χ3n) is 3.94. The van der Waals surface area contributed by atoms with E-state index >= 15 is 0 Å². The number of aromatic hydroxyl groups is 1. The van der Waals surface area contributed by atoms with Gasteiger partial charge in [0.05, 0.1) is 0 Å². The van der Waals surface area contributed by atoms with Gasteiger partial charge in [-0.3, -0.25) is 0 Å². The first kappa shape index (κ1) is 12.5. The number of hydrogen-bond acceptors (Lipinski definition) is 1. The zero-order valence-electron chi connectivity index (χ0n) is 10.7. The van der Waals surface area contributed by atoms with Crippen molar-refractivity contribution in [2.75, 3.05) is 0 Å². The largest absolute Gasteiger partial charge is 0.508 e. The fourth-order valence-corrected chi connectivity index (χ4v) is 2.89. The first-order valence-corrected chi connectivity index (χ1v) is 7.12. The van der Waals surface area contributed by atoms with E-state index < -0.39 is 0 Å². The van der Waals surface area contributed by atoms with Crippen LogP contribution in [0.2, 0.25) is 0 Å². The molecule has 2 rings (SSSR count). The lowest BCUT2D eigenvalue weighted by molar-refractivity contribution is 0.425. The Morgan fingerprint density at radius 2 is 1.35 bits per heavy atom. The molecule has 17 heavy (non-hydrogen) atoms. The molecule has 0 saturated heterocycles. The molecule has 1 fully saturated rings. The van der Waals surface area contributed by atoms with Crippen LogP contribution in [0.4, 0.5) is 0 Å². The average molecular weight is 232 g/mol. The molecule has 0 radical (unpaired) electrons. The molecule has 0 spiro atoms. The van der Waals surface area contributed by atoms with Crippen molar-refractivity contribution in [2.45, 2.75) is 57.8 Å². The fraction of sp³-hybridized carbons (Fsp3) is 0.625. The van der Waals surface area contributed by atoms with Gasteiger partial charge in [0, 0.05) is 0 Å². The molecule has 1 aromatic rings. The predicted octanol–water partition coefficient (Wildman–Crippen LogP) is 4.69. The van der Waals surface area contributed by atoms with Crippen LogP contribution in [0.15, 0.2) is 24.3 Å². The predicted molar refractivity (Wildman–Crippen MR) is 72.2 cm³/mol. The molecular weight excluding hydrogens is 208 g/mol. The van der Waals surface area contributed by atoms with Crippen LogP contribution >= 0.6 is 0 Å². The molecule has 0 aromatic heterocycles. The summed E-state index contributed by atoms with van der Waals surface area (Å²) in [5.41, 5.74) is 1.38. The summed E-state index contributed by atoms with van der Waals surface area (Å²) in [6.45, 7) is 0. The SMILES string of the molecule is Oc1ccc(CC2CCCCCCCC2)cc1. The highest BCUT2D eigenvalue weighted by Crippen LogP contribution is 2.25. The van der Waals surface area contributed by atoms with E-state index in [1.807, 2.05) is 12.1 Å². The minimum Gasteiger partial charge on any atom is -0.508 e. The lowest BCUT2D eigenvalue weighted by atomic mass is 9.90. The zero-order valence-corrected chi connectivity index (χ0v) is 10.7. The molecule has 1 aromatic carbocycles. The van der Waals surface area contributed by atoms with Gasteiger partial charge in [-0.05, 0) is 30.0 Å². The Hall–Kier alpha value is -0.980. The van der Waals surface area contributed by atoms with Gasteiger partial charge < -0.3 is 5.11 Å². The molecule has 1 nitrogen and oxygen atoms in total. The van der Waals surface area contributed by atoms with Crippen LogP contribution in [0.3, 0.4) is 0 Å². The molecule has 0 atom stereocenters. The second kappa shape index (κ2) is 6.68. The average Bonchev–Trinajstić information content (AvgIpc) is 2.46. The van der Waals surface area contributed by atoms with Crippen LogP contribution < -0.4 is 0 Å². The molecule has 1 saturated carbocycles. The topological polar surface area (TPSA) is 20.2 Å². The van der Waals surface area contributed by atoms with Gasteiger partial charge >= 0.3 is 0 Å². The highest BCUT2D eigenvalue weighted by molar-refractivity contribution is 5.26. The minimum absolute atomic E-state index is 0.378. The Labute approximate surface area is 105 Å². The molecule has 0 heterocycles. The van der Waals surface area contributed by atoms with Gasteiger partial charge in [-0.15, -0.1) is 0 Å². The van der Waals surface area contributed by atoms with Gasteiger partial charge in [0.25, 0.3) is 0 Å². The van der Waals surface area contributed by atoms with Crippen molar-refractivity contribution in [1.29, 1.82) is 0 Å². The van der Waals surface area contributed by atoms with Crippen molar-refractivity contribution in [3.8, 4) is 5.75 Å². The summed E-state index contributed by atoms with van der Waals surface area (Å²) in [5.74, 6) is 1.24. The maximum Gasteiger partial charge on any atom is 0.115 e. The summed E-state index contributed by atoms with van der Waals surface area (Å²) in [6, 6.07) is 7.76. The van der Waals surface area contributed by atoms with Crippen molar-refractivity contribution in [1.82, 2.24) is 0 Å². The quantitative estimate of drug-likeness (QED) is 0.784. The van der Waals surface area contributed by atoms with E-state index in [1.54, 1.807) is 0 Å². The first-order valence-electron chi connectivity index (χ1n) is 7.12. The van der Waals surface area contributed by atoms with Crippen molar-refractivity contribution in [2.24, 2.45) is 5.92 Å². The van der Waals surface area contributed by atoms with E-state index in [0.29, 0.717) is 5.75 Å². The second-order valence-electron chi connectivity index (χ2n) is 5.44. The smallest absolute Gasteiger partial charge is 0.115 e. The zero-order chi connectivity index (χ0) is 11.9. The highest BCUT2D eigenvalue weighted by Gasteiger charge is 2.11. The van der Waals surface area contributed by atoms with Crippen molar-refractivity contribution < 1.29 is 5.11 Å². The van der Waals surface area contributed by atoms with Gasteiger partial charge in [0.15, 0.2) is 0 Å². The van der Waals surface area contributed by atoms with Gasteiger partial charge in [0.2, 0.25) is 0 Å². The Bertz CT molecular complexity index is 305. The van der Waals surface area contributed by atoms with Crippen molar-refractivity contribution in [3.63, 3.8) is 0 Å². The Balaban J connectivity index is 1.88. The van der Waals surface area contributed by atoms with Crippen LogP contribution in [0.5, 0.6) is 5.75 Å². The molecule has 1 heteroatoms. The summed E-state index contributed by atoms with van der Waals surface area (Å²) in [6.07, 6.45) is 12.5. The maximum absolute atomic E-state index is 9.28. The third kappa shape index (κ3) is 4.41. The maximum atomic E-state index is 9.28. The Morgan fingerprint density at radius 1 is 0.824 bits per heavy atom. The lowest BCUT2D eigenvalue weighted by Crippen LogP contribution is -2.04. The second-order valence-corrected chi connectivity index (χ2v) is 5.44. The molecule has 0 bridgehead atoms. The lowest BCUT2D eigenvalue weighted by Gasteiger charge is -2.15. The molecule has 0 aliphatic heterocycles. The molecule has 94 valence electrons. The summed E-state index contributed by atoms with van der Waals surface area (Å²) in [4.78, 5) is 0. The summed E-state index contributed by atoms with van der Waals surface area (Å²) < 4.78 is 0. The van der Waals surface area contributed by atoms with E-state index in [9.17, 15) is 5.11 Å². The van der Waals surface area contributed by atoms with Crippen LogP contribution in [0.25, 0.3) is 0 Å². The molecule has 1 N–H and O–H groups in total. The van der Waals surface area contributed by atoms with Crippen LogP contribution in [0.1, 0.15) is 56.9 Å². The number of hydrogen-bond donors (Lipinski definition) is 1. The van der Waals surface area contributed by atoms with E-state index in [4.69, 9.17) is 0 Å². The monoisotopic (exact) mass is 232 g/mol. The highest BCUT2D eigenvalue weighted by atomic mass is 16.3. The van der Waals surface area contributed by atoms with Crippen LogP contribution in [-0.2, 0) is 6.42 Å². The number of benzene rings is 1. The molecule has 0 unspecified atom stereocenters. The summed E-state index contributed by atoms with van der Waals surface area (Å²) in [7, 11) is 0. The van der Waals surface area contributed by atoms with E-state index in [-0.39, 0.29) is 0 Å².